The Kier molecular flexibility index (Phi) is 4.15. The molecule has 1 aliphatic rings. The Morgan fingerprint density at radius 2 is 2.00 bits per heavy atom. The molecule has 6 heteroatoms. The summed E-state index contributed by atoms with van der Waals surface area (Å²) >= 11 is 0. The molecule has 0 saturated carbocycles. The van der Waals surface area contributed by atoms with E-state index in [1.54, 1.807) is 18.2 Å². The number of rotatable bonds is 3. The van der Waals surface area contributed by atoms with Crippen LogP contribution < -0.4 is 5.73 Å². The molecule has 1 aliphatic heterocycles. The van der Waals surface area contributed by atoms with Gasteiger partial charge in [-0.15, -0.1) is 0 Å². The summed E-state index contributed by atoms with van der Waals surface area (Å²) in [6.45, 7) is 4.45. The van der Waals surface area contributed by atoms with Gasteiger partial charge in [0.1, 0.15) is 0 Å². The highest BCUT2D eigenvalue weighted by atomic mass is 32.2. The van der Waals surface area contributed by atoms with Gasteiger partial charge in [-0.3, -0.25) is 4.79 Å². The number of piperidine rings is 1. The second-order valence-electron chi connectivity index (χ2n) is 5.35. The van der Waals surface area contributed by atoms with E-state index in [0.29, 0.717) is 19.4 Å². The molecule has 1 amide bonds. The summed E-state index contributed by atoms with van der Waals surface area (Å²) in [5.74, 6) is -0.810. The van der Waals surface area contributed by atoms with E-state index in [1.807, 2.05) is 13.8 Å². The molecule has 0 spiro atoms. The maximum absolute atomic E-state index is 12.6. The molecular formula is C14H20N2O3S. The molecule has 0 bridgehead atoms. The van der Waals surface area contributed by atoms with Gasteiger partial charge in [-0.2, -0.15) is 4.31 Å². The fraction of sp³-hybridized carbons (Fsp3) is 0.500. The molecule has 20 heavy (non-hydrogen) atoms. The van der Waals surface area contributed by atoms with Crippen LogP contribution >= 0.6 is 0 Å². The van der Waals surface area contributed by atoms with Gasteiger partial charge in [0.2, 0.25) is 15.9 Å². The monoisotopic (exact) mass is 296 g/mol. The van der Waals surface area contributed by atoms with E-state index >= 15 is 0 Å². The van der Waals surface area contributed by atoms with Crippen molar-refractivity contribution in [1.29, 1.82) is 0 Å². The zero-order chi connectivity index (χ0) is 14.9. The molecule has 1 fully saturated rings. The summed E-state index contributed by atoms with van der Waals surface area (Å²) in [4.78, 5) is 11.5. The molecule has 1 saturated heterocycles. The first-order valence-electron chi connectivity index (χ1n) is 6.69. The number of nitrogens with zero attached hydrogens (tertiary/aromatic N) is 1. The van der Waals surface area contributed by atoms with Crippen LogP contribution in [0.2, 0.25) is 0 Å². The zero-order valence-corrected chi connectivity index (χ0v) is 12.6. The third-order valence-corrected chi connectivity index (χ3v) is 5.76. The number of benzene rings is 1. The first kappa shape index (κ1) is 15.0. The van der Waals surface area contributed by atoms with Crippen molar-refractivity contribution in [3.05, 3.63) is 29.3 Å². The minimum atomic E-state index is -3.54. The van der Waals surface area contributed by atoms with E-state index in [0.717, 1.165) is 11.1 Å². The Morgan fingerprint density at radius 1 is 1.30 bits per heavy atom. The van der Waals surface area contributed by atoms with E-state index in [1.165, 1.54) is 4.31 Å². The van der Waals surface area contributed by atoms with Crippen LogP contribution in [0.15, 0.2) is 23.1 Å². The lowest BCUT2D eigenvalue weighted by Crippen LogP contribution is -2.44. The van der Waals surface area contributed by atoms with Crippen molar-refractivity contribution in [3.8, 4) is 0 Å². The SMILES string of the molecule is Cc1ccc(S(=O)(=O)N2CCC[C@H](C(N)=O)C2)cc1C. The van der Waals surface area contributed by atoms with Crippen LogP contribution in [0.3, 0.4) is 0 Å². The Labute approximate surface area is 119 Å². The third-order valence-electron chi connectivity index (χ3n) is 3.90. The molecule has 1 heterocycles. The molecule has 0 unspecified atom stereocenters. The lowest BCUT2D eigenvalue weighted by molar-refractivity contribution is -0.122. The third kappa shape index (κ3) is 2.86. The lowest BCUT2D eigenvalue weighted by atomic mass is 9.99. The molecule has 110 valence electrons. The summed E-state index contributed by atoms with van der Waals surface area (Å²) in [7, 11) is -3.54. The van der Waals surface area contributed by atoms with Crippen LogP contribution in [0.1, 0.15) is 24.0 Å². The van der Waals surface area contributed by atoms with Crippen molar-refractivity contribution in [2.45, 2.75) is 31.6 Å². The predicted octanol–water partition coefficient (Wildman–Crippen LogP) is 1.19. The number of aryl methyl sites for hydroxylation is 2. The quantitative estimate of drug-likeness (QED) is 0.909. The van der Waals surface area contributed by atoms with Crippen molar-refractivity contribution in [3.63, 3.8) is 0 Å². The van der Waals surface area contributed by atoms with E-state index in [2.05, 4.69) is 0 Å². The van der Waals surface area contributed by atoms with Gasteiger partial charge in [-0.25, -0.2) is 8.42 Å². The highest BCUT2D eigenvalue weighted by Crippen LogP contribution is 2.24. The summed E-state index contributed by atoms with van der Waals surface area (Å²) in [6, 6.07) is 5.10. The van der Waals surface area contributed by atoms with Gasteiger partial charge in [0.15, 0.2) is 0 Å². The molecule has 1 atom stereocenters. The average Bonchev–Trinajstić information content (AvgIpc) is 2.42. The molecular weight excluding hydrogens is 276 g/mol. The largest absolute Gasteiger partial charge is 0.369 e. The molecule has 5 nitrogen and oxygen atoms in total. The predicted molar refractivity (Wildman–Crippen MR) is 76.6 cm³/mol. The van der Waals surface area contributed by atoms with Crippen molar-refractivity contribution in [2.24, 2.45) is 11.7 Å². The van der Waals surface area contributed by atoms with Crippen molar-refractivity contribution < 1.29 is 13.2 Å². The minimum Gasteiger partial charge on any atom is -0.369 e. The Morgan fingerprint density at radius 3 is 2.60 bits per heavy atom. The molecule has 0 radical (unpaired) electrons. The molecule has 0 aliphatic carbocycles. The van der Waals surface area contributed by atoms with Crippen LogP contribution in [0.4, 0.5) is 0 Å². The molecule has 2 rings (SSSR count). The maximum Gasteiger partial charge on any atom is 0.243 e. The number of carbonyl (C=O) groups is 1. The van der Waals surface area contributed by atoms with E-state index < -0.39 is 15.9 Å². The summed E-state index contributed by atoms with van der Waals surface area (Å²) < 4.78 is 26.6. The van der Waals surface area contributed by atoms with E-state index in [4.69, 9.17) is 5.73 Å². The van der Waals surface area contributed by atoms with Crippen LogP contribution in [-0.4, -0.2) is 31.7 Å². The van der Waals surface area contributed by atoms with Gasteiger partial charge in [0.05, 0.1) is 10.8 Å². The van der Waals surface area contributed by atoms with Crippen LogP contribution in [0.25, 0.3) is 0 Å². The van der Waals surface area contributed by atoms with Gasteiger partial charge >= 0.3 is 0 Å². The number of hydrogen-bond acceptors (Lipinski definition) is 3. The highest BCUT2D eigenvalue weighted by molar-refractivity contribution is 7.89. The van der Waals surface area contributed by atoms with Gasteiger partial charge in [0, 0.05) is 13.1 Å². The van der Waals surface area contributed by atoms with Gasteiger partial charge in [-0.1, -0.05) is 6.07 Å². The lowest BCUT2D eigenvalue weighted by Gasteiger charge is -2.30. The molecule has 0 aromatic heterocycles. The van der Waals surface area contributed by atoms with Crippen LogP contribution in [0, 0.1) is 19.8 Å². The summed E-state index contributed by atoms with van der Waals surface area (Å²) in [6.07, 6.45) is 1.33. The Balaban J connectivity index is 2.29. The fourth-order valence-corrected chi connectivity index (χ4v) is 4.03. The van der Waals surface area contributed by atoms with E-state index in [-0.39, 0.29) is 17.4 Å². The molecule has 2 N–H and O–H groups in total. The highest BCUT2D eigenvalue weighted by Gasteiger charge is 2.32. The average molecular weight is 296 g/mol. The number of nitrogens with two attached hydrogens (primary N) is 1. The van der Waals surface area contributed by atoms with Gasteiger partial charge in [0.25, 0.3) is 0 Å². The smallest absolute Gasteiger partial charge is 0.243 e. The number of sulfonamides is 1. The van der Waals surface area contributed by atoms with Gasteiger partial charge < -0.3 is 5.73 Å². The van der Waals surface area contributed by atoms with Crippen molar-refractivity contribution >= 4 is 15.9 Å². The second-order valence-corrected chi connectivity index (χ2v) is 7.29. The Bertz CT molecular complexity index is 625. The first-order valence-corrected chi connectivity index (χ1v) is 8.13. The van der Waals surface area contributed by atoms with Crippen LogP contribution in [0.5, 0.6) is 0 Å². The Hall–Kier alpha value is -1.40. The van der Waals surface area contributed by atoms with E-state index in [9.17, 15) is 13.2 Å². The van der Waals surface area contributed by atoms with Crippen molar-refractivity contribution in [1.82, 2.24) is 4.31 Å². The number of amides is 1. The standard InChI is InChI=1S/C14H20N2O3S/c1-10-5-6-13(8-11(10)2)20(18,19)16-7-3-4-12(9-16)14(15)17/h5-6,8,12H,3-4,7,9H2,1-2H3,(H2,15,17)/t12-/m0/s1. The zero-order valence-electron chi connectivity index (χ0n) is 11.8. The summed E-state index contributed by atoms with van der Waals surface area (Å²) in [5, 5.41) is 0. The number of carbonyl (C=O) groups excluding carboxylic acids is 1. The second kappa shape index (κ2) is 5.54. The number of primary amides is 1. The molecule has 1 aromatic rings. The summed E-state index contributed by atoms with van der Waals surface area (Å²) in [5.41, 5.74) is 7.29. The van der Waals surface area contributed by atoms with Gasteiger partial charge in [-0.05, 0) is 49.9 Å². The van der Waals surface area contributed by atoms with Crippen molar-refractivity contribution in [2.75, 3.05) is 13.1 Å². The maximum atomic E-state index is 12.6. The first-order chi connectivity index (χ1) is 9.32. The molecule has 1 aromatic carbocycles. The minimum absolute atomic E-state index is 0.185. The topological polar surface area (TPSA) is 80.5 Å². The normalized spacial score (nSPS) is 20.8. The fourth-order valence-electron chi connectivity index (χ4n) is 2.42. The number of hydrogen-bond donors (Lipinski definition) is 1. The van der Waals surface area contributed by atoms with Crippen LogP contribution in [-0.2, 0) is 14.8 Å².